The van der Waals surface area contributed by atoms with E-state index < -0.39 is 18.1 Å². The minimum atomic E-state index is -5.19. The van der Waals surface area contributed by atoms with Crippen LogP contribution in [0.4, 0.5) is 24.8 Å². The minimum absolute atomic E-state index is 0.0185. The summed E-state index contributed by atoms with van der Waals surface area (Å²) >= 11 is 5.81. The van der Waals surface area contributed by atoms with Gasteiger partial charge in [-0.15, -0.1) is 0 Å². The van der Waals surface area contributed by atoms with Crippen LogP contribution in [0, 0.1) is 0 Å². The molecule has 216 valence electrons. The van der Waals surface area contributed by atoms with Crippen molar-refractivity contribution in [2.75, 3.05) is 51.7 Å². The Morgan fingerprint density at radius 1 is 1.00 bits per heavy atom. The molecule has 12 nitrogen and oxygen atoms in total. The molecule has 1 aromatic heterocycles. The van der Waals surface area contributed by atoms with E-state index in [9.17, 15) is 27.9 Å². The number of aromatic nitrogens is 2. The Balaban J connectivity index is 0.000000956. The van der Waals surface area contributed by atoms with E-state index in [1.807, 2.05) is 0 Å². The number of halogens is 4. The van der Waals surface area contributed by atoms with Crippen molar-refractivity contribution >= 4 is 41.0 Å². The van der Waals surface area contributed by atoms with Crippen LogP contribution in [-0.4, -0.2) is 83.8 Å². The van der Waals surface area contributed by atoms with Crippen molar-refractivity contribution in [3.8, 4) is 5.75 Å². The second-order valence-electron chi connectivity index (χ2n) is 8.96. The molecule has 0 saturated carbocycles. The quantitative estimate of drug-likeness (QED) is 0.183. The van der Waals surface area contributed by atoms with Crippen LogP contribution in [0.2, 0.25) is 5.15 Å². The number of phenols is 1. The highest BCUT2D eigenvalue weighted by Crippen LogP contribution is 2.17. The normalized spacial score (nSPS) is 11.2. The molecule has 0 spiro atoms. The fourth-order valence-corrected chi connectivity index (χ4v) is 3.16. The number of likely N-dealkylation sites (N-methyl/N-ethyl adjacent to an activating group) is 1. The van der Waals surface area contributed by atoms with E-state index in [1.54, 1.807) is 24.3 Å². The van der Waals surface area contributed by atoms with Crippen molar-refractivity contribution < 1.29 is 42.3 Å². The number of nitrogens with two attached hydrogens (primary N) is 2. The van der Waals surface area contributed by atoms with E-state index >= 15 is 0 Å². The highest BCUT2D eigenvalue weighted by Gasteiger charge is 2.28. The third kappa shape index (κ3) is 13.0. The van der Waals surface area contributed by atoms with Crippen molar-refractivity contribution in [2.45, 2.75) is 25.4 Å². The Hall–Kier alpha value is -3.85. The number of carboxylic acids is 1. The van der Waals surface area contributed by atoms with Crippen molar-refractivity contribution in [1.82, 2.24) is 20.6 Å². The number of anilines is 2. The van der Waals surface area contributed by atoms with Gasteiger partial charge in [0.2, 0.25) is 5.91 Å². The summed E-state index contributed by atoms with van der Waals surface area (Å²) in [5.41, 5.74) is 12.0. The molecule has 7 N–H and O–H groups in total. The molecule has 2 rings (SSSR count). The van der Waals surface area contributed by atoms with Crippen LogP contribution in [0.1, 0.15) is 28.9 Å². The van der Waals surface area contributed by atoms with E-state index in [0.29, 0.717) is 24.1 Å². The number of nitrogens with zero attached hydrogens (tertiary/aromatic N) is 3. The molecule has 0 aliphatic heterocycles. The van der Waals surface area contributed by atoms with Gasteiger partial charge in [0, 0.05) is 6.54 Å². The van der Waals surface area contributed by atoms with Crippen molar-refractivity contribution in [2.24, 2.45) is 0 Å². The second-order valence-corrected chi connectivity index (χ2v) is 9.32. The van der Waals surface area contributed by atoms with Crippen LogP contribution in [0.5, 0.6) is 5.75 Å². The summed E-state index contributed by atoms with van der Waals surface area (Å²) < 4.78 is 32.2. The van der Waals surface area contributed by atoms with Crippen molar-refractivity contribution in [3.63, 3.8) is 0 Å². The first-order valence-corrected chi connectivity index (χ1v) is 11.9. The average Bonchev–Trinajstić information content (AvgIpc) is 2.82. The number of nitrogen functional groups attached to an aromatic ring is 2. The van der Waals surface area contributed by atoms with Crippen LogP contribution >= 0.6 is 11.6 Å². The van der Waals surface area contributed by atoms with Gasteiger partial charge < -0.3 is 41.6 Å². The highest BCUT2D eigenvalue weighted by molar-refractivity contribution is 6.31. The number of aromatic hydroxyl groups is 1. The number of benzene rings is 1. The van der Waals surface area contributed by atoms with E-state index in [0.717, 1.165) is 24.9 Å². The second kappa shape index (κ2) is 14.9. The minimum Gasteiger partial charge on any atom is -0.542 e. The molecule has 0 radical (unpaired) electrons. The number of hydrogen-bond donors (Lipinski definition) is 5. The summed E-state index contributed by atoms with van der Waals surface area (Å²) in [6.45, 7) is 2.62. The molecular weight excluding hydrogens is 547 g/mol. The van der Waals surface area contributed by atoms with Gasteiger partial charge in [0.25, 0.3) is 5.91 Å². The first-order chi connectivity index (χ1) is 18.0. The predicted molar refractivity (Wildman–Crippen MR) is 135 cm³/mol. The molecular formula is C23H31ClF3N7O5. The standard InChI is InChI=1S/C21H30ClN7O3.C2HF3O2/c1-29(2,12-10-26-21(32)17-19(23)28-20(24)18(22)27-17)11-4-3-9-25-16(31)13-14-5-7-15(30)8-6-14;3-2(4,5)1(6)7/h5-8H,3-4,9-13H2,1-2H3,(H6-,23,24,25,26,28,30,31,32);(H,6,7). The molecule has 0 unspecified atom stereocenters. The number of quaternary nitrogens is 1. The van der Waals surface area contributed by atoms with Crippen LogP contribution < -0.4 is 27.2 Å². The van der Waals surface area contributed by atoms with Crippen LogP contribution in [0.3, 0.4) is 0 Å². The SMILES string of the molecule is C[N+](C)(CCCCNC(=O)Cc1ccc(O)cc1)CCNC(=O)c1nc(Cl)c(N)nc1N.O=C([O-])C(F)(F)F. The van der Waals surface area contributed by atoms with Crippen molar-refractivity contribution in [3.05, 3.63) is 40.7 Å². The zero-order valence-electron chi connectivity index (χ0n) is 21.3. The van der Waals surface area contributed by atoms with Gasteiger partial charge >= 0.3 is 6.18 Å². The summed E-state index contributed by atoms with van der Waals surface area (Å²) in [5, 5.41) is 23.7. The topological polar surface area (TPSA) is 196 Å². The summed E-state index contributed by atoms with van der Waals surface area (Å²) in [4.78, 5) is 40.7. The van der Waals surface area contributed by atoms with Gasteiger partial charge in [0.05, 0.1) is 40.2 Å². The lowest BCUT2D eigenvalue weighted by Crippen LogP contribution is -2.46. The molecule has 0 aliphatic carbocycles. The van der Waals surface area contributed by atoms with E-state index in [4.69, 9.17) is 33.0 Å². The van der Waals surface area contributed by atoms with Gasteiger partial charge in [0.1, 0.15) is 11.7 Å². The molecule has 2 aromatic rings. The smallest absolute Gasteiger partial charge is 0.430 e. The Morgan fingerprint density at radius 2 is 1.59 bits per heavy atom. The molecule has 39 heavy (non-hydrogen) atoms. The van der Waals surface area contributed by atoms with Gasteiger partial charge in [-0.3, -0.25) is 9.59 Å². The highest BCUT2D eigenvalue weighted by atomic mass is 35.5. The monoisotopic (exact) mass is 577 g/mol. The maximum absolute atomic E-state index is 12.3. The van der Waals surface area contributed by atoms with Crippen molar-refractivity contribution in [1.29, 1.82) is 0 Å². The number of amides is 2. The molecule has 2 amide bonds. The van der Waals surface area contributed by atoms with Gasteiger partial charge in [0.15, 0.2) is 22.5 Å². The average molecular weight is 578 g/mol. The molecule has 16 heteroatoms. The number of unbranched alkanes of at least 4 members (excludes halogenated alkanes) is 1. The number of nitrogens with one attached hydrogen (secondary N) is 2. The number of carbonyl (C=O) groups is 3. The molecule has 0 saturated heterocycles. The molecule has 0 aliphatic rings. The van der Waals surface area contributed by atoms with E-state index in [2.05, 4.69) is 34.7 Å². The lowest BCUT2D eigenvalue weighted by atomic mass is 10.1. The number of hydrogen-bond acceptors (Lipinski definition) is 9. The number of carbonyl (C=O) groups excluding carboxylic acids is 3. The van der Waals surface area contributed by atoms with E-state index in [-0.39, 0.29) is 40.6 Å². The molecule has 0 atom stereocenters. The molecule has 1 heterocycles. The fraction of sp³-hybridized carbons (Fsp3) is 0.435. The Labute approximate surface area is 227 Å². The number of carboxylic acid groups (broad SMARTS) is 1. The zero-order chi connectivity index (χ0) is 29.8. The number of phenolic OH excluding ortho intramolecular Hbond substituents is 1. The Bertz CT molecular complexity index is 1130. The third-order valence-corrected chi connectivity index (χ3v) is 5.45. The first kappa shape index (κ1) is 33.2. The summed E-state index contributed by atoms with van der Waals surface area (Å²) in [5.74, 6) is -3.40. The molecule has 0 fully saturated rings. The van der Waals surface area contributed by atoms with Crippen LogP contribution in [0.25, 0.3) is 0 Å². The van der Waals surface area contributed by atoms with E-state index in [1.165, 1.54) is 0 Å². The number of rotatable bonds is 11. The molecule has 0 bridgehead atoms. The van der Waals surface area contributed by atoms with Gasteiger partial charge in [-0.1, -0.05) is 23.7 Å². The third-order valence-electron chi connectivity index (χ3n) is 5.17. The lowest BCUT2D eigenvalue weighted by Gasteiger charge is -2.30. The largest absolute Gasteiger partial charge is 0.542 e. The van der Waals surface area contributed by atoms with Crippen LogP contribution in [0.15, 0.2) is 24.3 Å². The number of alkyl halides is 3. The summed E-state index contributed by atoms with van der Waals surface area (Å²) in [7, 11) is 4.15. The number of aliphatic carboxylic acids is 1. The first-order valence-electron chi connectivity index (χ1n) is 11.5. The summed E-state index contributed by atoms with van der Waals surface area (Å²) in [6, 6.07) is 6.60. The fourth-order valence-electron chi connectivity index (χ4n) is 3.03. The lowest BCUT2D eigenvalue weighted by molar-refractivity contribution is -0.889. The Morgan fingerprint density at radius 3 is 2.15 bits per heavy atom. The van der Waals surface area contributed by atoms with Gasteiger partial charge in [-0.2, -0.15) is 13.2 Å². The predicted octanol–water partition coefficient (Wildman–Crippen LogP) is 0.244. The van der Waals surface area contributed by atoms with Gasteiger partial charge in [-0.05, 0) is 30.5 Å². The maximum atomic E-state index is 12.3. The van der Waals surface area contributed by atoms with Gasteiger partial charge in [-0.25, -0.2) is 9.97 Å². The maximum Gasteiger partial charge on any atom is 0.430 e. The zero-order valence-corrected chi connectivity index (χ0v) is 22.1. The van der Waals surface area contributed by atoms with Crippen LogP contribution in [-0.2, 0) is 16.0 Å². The Kier molecular flexibility index (Phi) is 12.7. The summed E-state index contributed by atoms with van der Waals surface area (Å²) in [6.07, 6.45) is -3.13. The molecule has 1 aromatic carbocycles.